The van der Waals surface area contributed by atoms with Crippen LogP contribution in [0.3, 0.4) is 0 Å². The number of hydrogen-bond donors (Lipinski definition) is 1. The van der Waals surface area contributed by atoms with E-state index in [2.05, 4.69) is 30.6 Å². The van der Waals surface area contributed by atoms with Crippen molar-refractivity contribution in [2.24, 2.45) is 0 Å². The van der Waals surface area contributed by atoms with Crippen LogP contribution in [-0.4, -0.2) is 42.0 Å². The average molecular weight is 295 g/mol. The second-order valence-electron chi connectivity index (χ2n) is 4.39. The van der Waals surface area contributed by atoms with E-state index < -0.39 is 0 Å². The standard InChI is InChI=1S/C16H22FNOS/c1-3-18(4-2)7-9-20-13-15-10-14(6-5-8-19)11-16(17)12-15/h10-12,19H,3-4,7-9,13H2,1-2H3. The Bertz CT molecular complexity index is 463. The molecule has 0 fully saturated rings. The Morgan fingerprint density at radius 1 is 1.25 bits per heavy atom. The van der Waals surface area contributed by atoms with E-state index >= 15 is 0 Å². The molecular weight excluding hydrogens is 273 g/mol. The maximum atomic E-state index is 13.5. The zero-order valence-electron chi connectivity index (χ0n) is 12.2. The molecule has 4 heteroatoms. The van der Waals surface area contributed by atoms with Crippen molar-refractivity contribution in [2.45, 2.75) is 19.6 Å². The molecule has 0 saturated heterocycles. The van der Waals surface area contributed by atoms with Gasteiger partial charge in [0.25, 0.3) is 0 Å². The van der Waals surface area contributed by atoms with E-state index in [0.29, 0.717) is 5.56 Å². The van der Waals surface area contributed by atoms with E-state index in [4.69, 9.17) is 5.11 Å². The molecule has 0 aliphatic heterocycles. The summed E-state index contributed by atoms with van der Waals surface area (Å²) in [7, 11) is 0. The van der Waals surface area contributed by atoms with E-state index in [1.54, 1.807) is 17.8 Å². The normalized spacial score (nSPS) is 10.4. The van der Waals surface area contributed by atoms with Crippen LogP contribution in [0.1, 0.15) is 25.0 Å². The molecule has 0 aromatic heterocycles. The van der Waals surface area contributed by atoms with Gasteiger partial charge < -0.3 is 10.0 Å². The summed E-state index contributed by atoms with van der Waals surface area (Å²) in [6.07, 6.45) is 0. The fraction of sp³-hybridized carbons (Fsp3) is 0.500. The molecule has 20 heavy (non-hydrogen) atoms. The fourth-order valence-corrected chi connectivity index (χ4v) is 2.81. The minimum absolute atomic E-state index is 0.204. The van der Waals surface area contributed by atoms with Gasteiger partial charge in [0.15, 0.2) is 0 Å². The summed E-state index contributed by atoms with van der Waals surface area (Å²) < 4.78 is 13.5. The predicted molar refractivity (Wildman–Crippen MR) is 84.3 cm³/mol. The monoisotopic (exact) mass is 295 g/mol. The number of aliphatic hydroxyl groups is 1. The van der Waals surface area contributed by atoms with Crippen LogP contribution in [0.15, 0.2) is 18.2 Å². The molecule has 0 aliphatic carbocycles. The van der Waals surface area contributed by atoms with Crippen molar-refractivity contribution in [3.63, 3.8) is 0 Å². The topological polar surface area (TPSA) is 23.5 Å². The lowest BCUT2D eigenvalue weighted by Crippen LogP contribution is -2.25. The molecule has 1 aromatic rings. The quantitative estimate of drug-likeness (QED) is 0.618. The maximum absolute atomic E-state index is 13.5. The van der Waals surface area contributed by atoms with Crippen LogP contribution in [0, 0.1) is 17.7 Å². The largest absolute Gasteiger partial charge is 0.384 e. The highest BCUT2D eigenvalue weighted by atomic mass is 32.2. The summed E-state index contributed by atoms with van der Waals surface area (Å²) in [6, 6.07) is 4.83. The van der Waals surface area contributed by atoms with Crippen molar-refractivity contribution in [1.29, 1.82) is 0 Å². The first-order valence-electron chi connectivity index (χ1n) is 6.88. The van der Waals surface area contributed by atoms with Gasteiger partial charge in [-0.15, -0.1) is 0 Å². The summed E-state index contributed by atoms with van der Waals surface area (Å²) in [6.45, 7) is 7.31. The molecule has 0 bridgehead atoms. The Labute approximate surface area is 125 Å². The van der Waals surface area contributed by atoms with E-state index in [1.165, 1.54) is 6.07 Å². The molecule has 0 unspecified atom stereocenters. The Morgan fingerprint density at radius 2 is 2.00 bits per heavy atom. The highest BCUT2D eigenvalue weighted by Gasteiger charge is 2.02. The lowest BCUT2D eigenvalue weighted by Gasteiger charge is -2.17. The second-order valence-corrected chi connectivity index (χ2v) is 5.49. The highest BCUT2D eigenvalue weighted by molar-refractivity contribution is 7.98. The van der Waals surface area contributed by atoms with Crippen LogP contribution in [0.5, 0.6) is 0 Å². The van der Waals surface area contributed by atoms with Crippen molar-refractivity contribution in [1.82, 2.24) is 4.90 Å². The summed E-state index contributed by atoms with van der Waals surface area (Å²) in [5, 5.41) is 8.66. The van der Waals surface area contributed by atoms with E-state index in [0.717, 1.165) is 36.7 Å². The number of thioether (sulfide) groups is 1. The molecule has 110 valence electrons. The van der Waals surface area contributed by atoms with Gasteiger partial charge in [0, 0.05) is 23.6 Å². The van der Waals surface area contributed by atoms with Gasteiger partial charge in [0.05, 0.1) is 0 Å². The van der Waals surface area contributed by atoms with Gasteiger partial charge in [0.1, 0.15) is 12.4 Å². The third-order valence-electron chi connectivity index (χ3n) is 2.98. The molecule has 0 atom stereocenters. The molecule has 1 aromatic carbocycles. The van der Waals surface area contributed by atoms with E-state index in [1.807, 2.05) is 6.07 Å². The highest BCUT2D eigenvalue weighted by Crippen LogP contribution is 2.15. The van der Waals surface area contributed by atoms with Gasteiger partial charge in [-0.1, -0.05) is 25.7 Å². The van der Waals surface area contributed by atoms with Crippen molar-refractivity contribution in [3.8, 4) is 11.8 Å². The molecule has 0 saturated carbocycles. The Morgan fingerprint density at radius 3 is 2.65 bits per heavy atom. The fourth-order valence-electron chi connectivity index (χ4n) is 1.87. The number of halogens is 1. The summed E-state index contributed by atoms with van der Waals surface area (Å²) in [4.78, 5) is 2.37. The lowest BCUT2D eigenvalue weighted by atomic mass is 10.1. The molecule has 0 aliphatic rings. The molecule has 0 amide bonds. The molecule has 2 nitrogen and oxygen atoms in total. The molecule has 1 rings (SSSR count). The van der Waals surface area contributed by atoms with Crippen LogP contribution < -0.4 is 0 Å². The first kappa shape index (κ1) is 17.0. The Kier molecular flexibility index (Phi) is 8.36. The van der Waals surface area contributed by atoms with Crippen LogP contribution in [0.4, 0.5) is 4.39 Å². The summed E-state index contributed by atoms with van der Waals surface area (Å²) in [5.74, 6) is 6.84. The maximum Gasteiger partial charge on any atom is 0.124 e. The lowest BCUT2D eigenvalue weighted by molar-refractivity contribution is 0.324. The first-order valence-corrected chi connectivity index (χ1v) is 8.04. The Hall–Kier alpha value is -1.02. The van der Waals surface area contributed by atoms with Gasteiger partial charge in [-0.05, 0) is 36.9 Å². The van der Waals surface area contributed by atoms with Crippen molar-refractivity contribution >= 4 is 11.8 Å². The summed E-state index contributed by atoms with van der Waals surface area (Å²) in [5.41, 5.74) is 1.56. The second kappa shape index (κ2) is 9.82. The SMILES string of the molecule is CCN(CC)CCSCc1cc(F)cc(C#CCO)c1. The van der Waals surface area contributed by atoms with E-state index in [-0.39, 0.29) is 12.4 Å². The van der Waals surface area contributed by atoms with Crippen molar-refractivity contribution in [3.05, 3.63) is 35.1 Å². The zero-order valence-corrected chi connectivity index (χ0v) is 13.0. The zero-order chi connectivity index (χ0) is 14.8. The number of hydrogen-bond acceptors (Lipinski definition) is 3. The van der Waals surface area contributed by atoms with Crippen molar-refractivity contribution in [2.75, 3.05) is 32.0 Å². The predicted octanol–water partition coefficient (Wildman–Crippen LogP) is 2.74. The van der Waals surface area contributed by atoms with Crippen LogP contribution in [0.25, 0.3) is 0 Å². The van der Waals surface area contributed by atoms with Gasteiger partial charge in [-0.25, -0.2) is 4.39 Å². The molecule has 0 radical (unpaired) electrons. The van der Waals surface area contributed by atoms with Crippen LogP contribution >= 0.6 is 11.8 Å². The number of benzene rings is 1. The van der Waals surface area contributed by atoms with Gasteiger partial charge in [-0.2, -0.15) is 11.8 Å². The van der Waals surface area contributed by atoms with Gasteiger partial charge in [0.2, 0.25) is 0 Å². The molecule has 1 N–H and O–H groups in total. The Balaban J connectivity index is 2.49. The van der Waals surface area contributed by atoms with Gasteiger partial charge >= 0.3 is 0 Å². The number of nitrogens with zero attached hydrogens (tertiary/aromatic N) is 1. The first-order chi connectivity index (χ1) is 9.69. The van der Waals surface area contributed by atoms with E-state index in [9.17, 15) is 4.39 Å². The molecule has 0 heterocycles. The minimum Gasteiger partial charge on any atom is -0.384 e. The average Bonchev–Trinajstić information content (AvgIpc) is 2.45. The molecule has 0 spiro atoms. The van der Waals surface area contributed by atoms with Gasteiger partial charge in [-0.3, -0.25) is 0 Å². The minimum atomic E-state index is -0.269. The number of aliphatic hydroxyl groups excluding tert-OH is 1. The smallest absolute Gasteiger partial charge is 0.124 e. The van der Waals surface area contributed by atoms with Crippen LogP contribution in [0.2, 0.25) is 0 Å². The van der Waals surface area contributed by atoms with Crippen LogP contribution in [-0.2, 0) is 5.75 Å². The number of rotatable bonds is 7. The van der Waals surface area contributed by atoms with Crippen molar-refractivity contribution < 1.29 is 9.50 Å². The third-order valence-corrected chi connectivity index (χ3v) is 3.99. The third kappa shape index (κ3) is 6.42. The molecular formula is C16H22FNOS. The summed E-state index contributed by atoms with van der Waals surface area (Å²) >= 11 is 1.80.